The highest BCUT2D eigenvalue weighted by molar-refractivity contribution is 7.89. The Balaban J connectivity index is 1.85. The first-order valence-corrected chi connectivity index (χ1v) is 12.2. The van der Waals surface area contributed by atoms with E-state index in [2.05, 4.69) is 22.3 Å². The highest BCUT2D eigenvalue weighted by Gasteiger charge is 2.29. The molecule has 1 N–H and O–H groups in total. The molecule has 0 spiro atoms. The maximum atomic E-state index is 13.2. The summed E-state index contributed by atoms with van der Waals surface area (Å²) < 4.78 is 28.0. The zero-order valence-electron chi connectivity index (χ0n) is 19.1. The predicted molar refractivity (Wildman–Crippen MR) is 124 cm³/mol. The van der Waals surface area contributed by atoms with Crippen LogP contribution in [-0.2, 0) is 10.0 Å². The van der Waals surface area contributed by atoms with Crippen LogP contribution in [0.4, 0.5) is 0 Å². The van der Waals surface area contributed by atoms with Gasteiger partial charge in [-0.1, -0.05) is 36.8 Å². The number of nitrogens with zero attached hydrogens (tertiary/aromatic N) is 2. The molecule has 1 saturated heterocycles. The molecule has 1 amide bonds. The Morgan fingerprint density at radius 3 is 2.29 bits per heavy atom. The van der Waals surface area contributed by atoms with Crippen molar-refractivity contribution < 1.29 is 13.2 Å². The molecule has 1 atom stereocenters. The van der Waals surface area contributed by atoms with E-state index >= 15 is 0 Å². The van der Waals surface area contributed by atoms with E-state index in [-0.39, 0.29) is 16.8 Å². The minimum atomic E-state index is -3.64. The molecule has 0 aliphatic carbocycles. The van der Waals surface area contributed by atoms with E-state index in [0.29, 0.717) is 37.3 Å². The van der Waals surface area contributed by atoms with Crippen LogP contribution in [0.25, 0.3) is 0 Å². The minimum Gasteiger partial charge on any atom is -0.345 e. The van der Waals surface area contributed by atoms with Crippen molar-refractivity contribution in [3.63, 3.8) is 0 Å². The highest BCUT2D eigenvalue weighted by atomic mass is 32.2. The number of carbonyl (C=O) groups is 1. The minimum absolute atomic E-state index is 0.132. The fourth-order valence-corrected chi connectivity index (χ4v) is 5.72. The van der Waals surface area contributed by atoms with Crippen molar-refractivity contribution in [1.82, 2.24) is 14.5 Å². The fraction of sp³-hybridized carbons (Fsp3) is 0.458. The summed E-state index contributed by atoms with van der Waals surface area (Å²) in [6.45, 7) is 10.2. The second-order valence-electron chi connectivity index (χ2n) is 8.48. The third-order valence-corrected chi connectivity index (χ3v) is 8.09. The quantitative estimate of drug-likeness (QED) is 0.743. The van der Waals surface area contributed by atoms with E-state index in [1.165, 1.54) is 15.9 Å². The molecule has 0 unspecified atom stereocenters. The standard InChI is InChI=1S/C24H33N3O3S/c1-6-22(21-10-7-17(2)15-19(21)4)25-24(28)20-9-8-18(3)23(16-20)31(29,30)27-13-11-26(5)12-14-27/h7-10,15-16,22H,6,11-14H2,1-5H3,(H,25,28)/t22-/m1/s1. The summed E-state index contributed by atoms with van der Waals surface area (Å²) in [5.41, 5.74) is 4.41. The van der Waals surface area contributed by atoms with Crippen LogP contribution in [0.15, 0.2) is 41.3 Å². The lowest BCUT2D eigenvalue weighted by molar-refractivity contribution is 0.0935. The van der Waals surface area contributed by atoms with E-state index < -0.39 is 10.0 Å². The lowest BCUT2D eigenvalue weighted by Gasteiger charge is -2.32. The fourth-order valence-electron chi connectivity index (χ4n) is 4.04. The third kappa shape index (κ3) is 5.17. The van der Waals surface area contributed by atoms with Crippen LogP contribution < -0.4 is 5.32 Å². The highest BCUT2D eigenvalue weighted by Crippen LogP contribution is 2.25. The van der Waals surface area contributed by atoms with Crippen LogP contribution in [0.1, 0.15) is 52.0 Å². The van der Waals surface area contributed by atoms with Gasteiger partial charge in [0.15, 0.2) is 0 Å². The van der Waals surface area contributed by atoms with Gasteiger partial charge in [-0.25, -0.2) is 8.42 Å². The molecule has 0 radical (unpaired) electrons. The molecule has 168 valence electrons. The number of rotatable bonds is 6. The van der Waals surface area contributed by atoms with Crippen molar-refractivity contribution in [3.05, 3.63) is 64.2 Å². The molecule has 1 aliphatic rings. The third-order valence-electron chi connectivity index (χ3n) is 6.04. The maximum Gasteiger partial charge on any atom is 0.251 e. The number of carbonyl (C=O) groups excluding carboxylic acids is 1. The summed E-state index contributed by atoms with van der Waals surface area (Å²) >= 11 is 0. The monoisotopic (exact) mass is 443 g/mol. The Morgan fingerprint density at radius 2 is 1.68 bits per heavy atom. The lowest BCUT2D eigenvalue weighted by Crippen LogP contribution is -2.47. The van der Waals surface area contributed by atoms with Crippen LogP contribution >= 0.6 is 0 Å². The van der Waals surface area contributed by atoms with Crippen molar-refractivity contribution >= 4 is 15.9 Å². The molecule has 0 saturated carbocycles. The number of aryl methyl sites for hydroxylation is 3. The number of amides is 1. The Hall–Kier alpha value is -2.22. The summed E-state index contributed by atoms with van der Waals surface area (Å²) in [5, 5.41) is 3.09. The Bertz CT molecular complexity index is 1060. The van der Waals surface area contributed by atoms with Crippen LogP contribution in [0.3, 0.4) is 0 Å². The van der Waals surface area contributed by atoms with E-state index in [1.54, 1.807) is 19.1 Å². The van der Waals surface area contributed by atoms with Crippen LogP contribution in [0.2, 0.25) is 0 Å². The molecule has 1 heterocycles. The van der Waals surface area contributed by atoms with Crippen molar-refractivity contribution in [2.45, 2.75) is 45.1 Å². The van der Waals surface area contributed by atoms with Gasteiger partial charge >= 0.3 is 0 Å². The van der Waals surface area contributed by atoms with Gasteiger partial charge in [-0.05, 0) is 63.1 Å². The second-order valence-corrected chi connectivity index (χ2v) is 10.4. The Morgan fingerprint density at radius 1 is 1.00 bits per heavy atom. The van der Waals surface area contributed by atoms with Gasteiger partial charge in [0.25, 0.3) is 5.91 Å². The topological polar surface area (TPSA) is 69.7 Å². The second kappa shape index (κ2) is 9.51. The van der Waals surface area contributed by atoms with Gasteiger partial charge in [0, 0.05) is 31.7 Å². The summed E-state index contributed by atoms with van der Waals surface area (Å²) in [4.78, 5) is 15.4. The SMILES string of the molecule is CC[C@@H](NC(=O)c1ccc(C)c(S(=O)(=O)N2CCN(C)CC2)c1)c1ccc(C)cc1C. The van der Waals surface area contributed by atoms with Gasteiger partial charge in [-0.2, -0.15) is 4.31 Å². The van der Waals surface area contributed by atoms with E-state index in [1.807, 2.05) is 33.9 Å². The number of sulfonamides is 1. The largest absolute Gasteiger partial charge is 0.345 e. The van der Waals surface area contributed by atoms with Crippen molar-refractivity contribution in [2.75, 3.05) is 33.2 Å². The zero-order valence-corrected chi connectivity index (χ0v) is 19.9. The van der Waals surface area contributed by atoms with Gasteiger partial charge in [0.05, 0.1) is 10.9 Å². The van der Waals surface area contributed by atoms with Crippen molar-refractivity contribution in [1.29, 1.82) is 0 Å². The van der Waals surface area contributed by atoms with Gasteiger partial charge in [0.1, 0.15) is 0 Å². The molecule has 7 heteroatoms. The number of piperazine rings is 1. The van der Waals surface area contributed by atoms with E-state index in [9.17, 15) is 13.2 Å². The Kier molecular flexibility index (Phi) is 7.19. The first kappa shape index (κ1) is 23.4. The normalized spacial score (nSPS) is 16.8. The number of hydrogen-bond donors (Lipinski definition) is 1. The van der Waals surface area contributed by atoms with Gasteiger partial charge in [-0.15, -0.1) is 0 Å². The number of benzene rings is 2. The number of likely N-dealkylation sites (N-methyl/N-ethyl adjacent to an activating group) is 1. The summed E-state index contributed by atoms with van der Waals surface area (Å²) in [6.07, 6.45) is 0.744. The van der Waals surface area contributed by atoms with Crippen molar-refractivity contribution in [2.24, 2.45) is 0 Å². The molecular formula is C24H33N3O3S. The molecule has 31 heavy (non-hydrogen) atoms. The molecule has 2 aromatic rings. The molecule has 0 aromatic heterocycles. The van der Waals surface area contributed by atoms with Crippen LogP contribution in [0.5, 0.6) is 0 Å². The molecular weight excluding hydrogens is 410 g/mol. The molecule has 6 nitrogen and oxygen atoms in total. The molecule has 0 bridgehead atoms. The number of hydrogen-bond acceptors (Lipinski definition) is 4. The number of nitrogens with one attached hydrogen (secondary N) is 1. The first-order chi connectivity index (χ1) is 14.6. The average Bonchev–Trinajstić information content (AvgIpc) is 2.72. The lowest BCUT2D eigenvalue weighted by atomic mass is 9.97. The van der Waals surface area contributed by atoms with Crippen LogP contribution in [0, 0.1) is 20.8 Å². The van der Waals surface area contributed by atoms with Gasteiger partial charge in [-0.3, -0.25) is 4.79 Å². The maximum absolute atomic E-state index is 13.2. The Labute approximate surface area is 186 Å². The van der Waals surface area contributed by atoms with Gasteiger partial charge < -0.3 is 10.2 Å². The summed E-state index contributed by atoms with van der Waals surface area (Å²) in [5.74, 6) is -0.262. The van der Waals surface area contributed by atoms with E-state index in [0.717, 1.165) is 17.5 Å². The smallest absolute Gasteiger partial charge is 0.251 e. The van der Waals surface area contributed by atoms with E-state index in [4.69, 9.17) is 0 Å². The molecule has 3 rings (SSSR count). The van der Waals surface area contributed by atoms with Crippen molar-refractivity contribution in [3.8, 4) is 0 Å². The zero-order chi connectivity index (χ0) is 22.8. The molecule has 2 aromatic carbocycles. The molecule has 1 aliphatic heterocycles. The predicted octanol–water partition coefficient (Wildman–Crippen LogP) is 3.43. The average molecular weight is 444 g/mol. The molecule has 1 fully saturated rings. The summed E-state index contributed by atoms with van der Waals surface area (Å²) in [6, 6.07) is 11.0. The first-order valence-electron chi connectivity index (χ1n) is 10.8. The van der Waals surface area contributed by atoms with Crippen LogP contribution in [-0.4, -0.2) is 56.8 Å². The van der Waals surface area contributed by atoms with Gasteiger partial charge in [0.2, 0.25) is 10.0 Å². The summed E-state index contributed by atoms with van der Waals surface area (Å²) in [7, 11) is -1.66.